The van der Waals surface area contributed by atoms with Crippen LogP contribution in [0.25, 0.3) is 16.7 Å². The lowest BCUT2D eigenvalue weighted by Crippen LogP contribution is -2.39. The van der Waals surface area contributed by atoms with Gasteiger partial charge in [0, 0.05) is 38.2 Å². The van der Waals surface area contributed by atoms with Gasteiger partial charge < -0.3 is 14.6 Å². The van der Waals surface area contributed by atoms with E-state index in [1.54, 1.807) is 29.2 Å². The van der Waals surface area contributed by atoms with Crippen molar-refractivity contribution >= 4 is 22.6 Å². The molecular weight excluding hydrogens is 458 g/mol. The summed E-state index contributed by atoms with van der Waals surface area (Å²) in [5, 5.41) is 12.1. The molecule has 10 nitrogen and oxygen atoms in total. The van der Waals surface area contributed by atoms with Crippen molar-refractivity contribution in [3.63, 3.8) is 0 Å². The second-order valence-corrected chi connectivity index (χ2v) is 9.00. The number of aryl methyl sites for hydroxylation is 1. The first-order valence-corrected chi connectivity index (χ1v) is 12.1. The van der Waals surface area contributed by atoms with E-state index in [0.717, 1.165) is 50.4 Å². The SMILES string of the molecule is Cc1ccc2nc3c(cc(C(=O)NCCCN4CCOCC4)c(=N)n3Cc3ccncc3)c(=O)n2c1. The molecule has 36 heavy (non-hydrogen) atoms. The van der Waals surface area contributed by atoms with Gasteiger partial charge in [-0.1, -0.05) is 6.07 Å². The van der Waals surface area contributed by atoms with E-state index in [9.17, 15) is 9.59 Å². The van der Waals surface area contributed by atoms with Crippen molar-refractivity contribution in [2.24, 2.45) is 0 Å². The average Bonchev–Trinajstić information content (AvgIpc) is 2.90. The third-order valence-electron chi connectivity index (χ3n) is 6.43. The third-order valence-corrected chi connectivity index (χ3v) is 6.43. The predicted molar refractivity (Wildman–Crippen MR) is 135 cm³/mol. The topological polar surface area (TPSA) is 118 Å². The molecule has 0 aliphatic carbocycles. The van der Waals surface area contributed by atoms with Crippen LogP contribution < -0.4 is 16.4 Å². The quantitative estimate of drug-likeness (QED) is 0.300. The number of carbonyl (C=O) groups is 1. The molecule has 1 aliphatic heterocycles. The summed E-state index contributed by atoms with van der Waals surface area (Å²) in [4.78, 5) is 37.7. The lowest BCUT2D eigenvalue weighted by molar-refractivity contribution is 0.0374. The number of aromatic nitrogens is 4. The lowest BCUT2D eigenvalue weighted by atomic mass is 10.1. The Morgan fingerprint density at radius 3 is 2.72 bits per heavy atom. The zero-order valence-electron chi connectivity index (χ0n) is 20.2. The molecule has 0 aromatic carbocycles. The summed E-state index contributed by atoms with van der Waals surface area (Å²) in [5.41, 5.74) is 2.55. The van der Waals surface area contributed by atoms with E-state index in [-0.39, 0.29) is 29.1 Å². The number of ether oxygens (including phenoxy) is 1. The molecule has 10 heteroatoms. The van der Waals surface area contributed by atoms with Crippen LogP contribution in [-0.4, -0.2) is 69.1 Å². The summed E-state index contributed by atoms with van der Waals surface area (Å²) < 4.78 is 8.48. The maximum Gasteiger partial charge on any atom is 0.267 e. The van der Waals surface area contributed by atoms with Crippen LogP contribution in [-0.2, 0) is 11.3 Å². The normalized spacial score (nSPS) is 14.4. The number of nitrogens with one attached hydrogen (secondary N) is 2. The molecule has 186 valence electrons. The molecule has 4 aromatic rings. The largest absolute Gasteiger partial charge is 0.379 e. The fraction of sp³-hybridized carbons (Fsp3) is 0.346. The number of nitrogens with zero attached hydrogens (tertiary/aromatic N) is 5. The van der Waals surface area contributed by atoms with E-state index in [2.05, 4.69) is 15.2 Å². The second-order valence-electron chi connectivity index (χ2n) is 9.00. The number of rotatable bonds is 7. The standard InChI is InChI=1S/C26H29N7O3/c1-18-3-4-22-30-24-21(26(35)32(22)16-18)15-20(23(27)33(24)17-19-5-8-28-9-6-19)25(34)29-7-2-10-31-11-13-36-14-12-31/h3-6,8-9,15-16,27H,2,7,10-14,17H2,1H3,(H,29,34). The van der Waals surface area contributed by atoms with Gasteiger partial charge in [-0.05, 0) is 55.3 Å². The molecule has 5 rings (SSSR count). The Morgan fingerprint density at radius 1 is 1.17 bits per heavy atom. The van der Waals surface area contributed by atoms with Crippen molar-refractivity contribution in [1.29, 1.82) is 5.41 Å². The first-order valence-electron chi connectivity index (χ1n) is 12.1. The molecule has 0 saturated carbocycles. The van der Waals surface area contributed by atoms with E-state index in [0.29, 0.717) is 23.2 Å². The smallest absolute Gasteiger partial charge is 0.267 e. The third kappa shape index (κ3) is 4.91. The highest BCUT2D eigenvalue weighted by Gasteiger charge is 2.18. The number of hydrogen-bond donors (Lipinski definition) is 2. The Balaban J connectivity index is 1.51. The highest BCUT2D eigenvalue weighted by Crippen LogP contribution is 2.13. The number of pyridine rings is 3. The highest BCUT2D eigenvalue weighted by molar-refractivity contribution is 5.96. The zero-order chi connectivity index (χ0) is 25.1. The van der Waals surface area contributed by atoms with Crippen LogP contribution in [0.3, 0.4) is 0 Å². The molecule has 1 aliphatic rings. The van der Waals surface area contributed by atoms with Gasteiger partial charge in [0.2, 0.25) is 0 Å². The first kappa shape index (κ1) is 23.8. The van der Waals surface area contributed by atoms with Crippen molar-refractivity contribution in [2.45, 2.75) is 19.9 Å². The van der Waals surface area contributed by atoms with Crippen LogP contribution in [0.2, 0.25) is 0 Å². The van der Waals surface area contributed by atoms with Crippen LogP contribution >= 0.6 is 0 Å². The average molecular weight is 488 g/mol. The minimum atomic E-state index is -0.374. The monoisotopic (exact) mass is 487 g/mol. The molecule has 0 radical (unpaired) electrons. The molecule has 0 bridgehead atoms. The van der Waals surface area contributed by atoms with E-state index < -0.39 is 0 Å². The molecule has 4 aromatic heterocycles. The van der Waals surface area contributed by atoms with Gasteiger partial charge in [0.05, 0.1) is 30.7 Å². The Morgan fingerprint density at radius 2 is 1.94 bits per heavy atom. The molecular formula is C26H29N7O3. The molecule has 2 N–H and O–H groups in total. The maximum atomic E-state index is 13.5. The molecule has 1 amide bonds. The fourth-order valence-corrected chi connectivity index (χ4v) is 4.47. The molecule has 0 unspecified atom stereocenters. The summed E-state index contributed by atoms with van der Waals surface area (Å²) in [5.74, 6) is -0.374. The molecule has 5 heterocycles. The van der Waals surface area contributed by atoms with Gasteiger partial charge in [-0.25, -0.2) is 4.98 Å². The van der Waals surface area contributed by atoms with Crippen LogP contribution in [0, 0.1) is 12.3 Å². The van der Waals surface area contributed by atoms with Crippen LogP contribution in [0.5, 0.6) is 0 Å². The second kappa shape index (κ2) is 10.4. The van der Waals surface area contributed by atoms with E-state index in [4.69, 9.17) is 15.1 Å². The number of morpholine rings is 1. The van der Waals surface area contributed by atoms with Gasteiger partial charge in [0.1, 0.15) is 16.8 Å². The Kier molecular flexibility index (Phi) is 6.88. The molecule has 1 saturated heterocycles. The van der Waals surface area contributed by atoms with Gasteiger partial charge >= 0.3 is 0 Å². The molecule has 0 atom stereocenters. The number of carbonyl (C=O) groups excluding carboxylic acids is 1. The van der Waals surface area contributed by atoms with Gasteiger partial charge in [-0.2, -0.15) is 0 Å². The summed E-state index contributed by atoms with van der Waals surface area (Å²) in [7, 11) is 0. The van der Waals surface area contributed by atoms with Gasteiger partial charge in [0.15, 0.2) is 0 Å². The number of fused-ring (bicyclic) bond motifs is 2. The Bertz CT molecular complexity index is 1520. The summed E-state index contributed by atoms with van der Waals surface area (Å²) in [6.45, 7) is 6.80. The van der Waals surface area contributed by atoms with Crippen LogP contribution in [0.4, 0.5) is 0 Å². The molecule has 0 spiro atoms. The Labute approximate surface area is 207 Å². The van der Waals surface area contributed by atoms with E-state index in [1.165, 1.54) is 10.5 Å². The van der Waals surface area contributed by atoms with Crippen molar-refractivity contribution in [2.75, 3.05) is 39.4 Å². The maximum absolute atomic E-state index is 13.5. The van der Waals surface area contributed by atoms with Crippen molar-refractivity contribution in [3.05, 3.63) is 81.5 Å². The van der Waals surface area contributed by atoms with Gasteiger partial charge in [-0.15, -0.1) is 0 Å². The van der Waals surface area contributed by atoms with Crippen molar-refractivity contribution in [3.8, 4) is 0 Å². The van der Waals surface area contributed by atoms with Gasteiger partial charge in [-0.3, -0.25) is 29.3 Å². The van der Waals surface area contributed by atoms with Gasteiger partial charge in [0.25, 0.3) is 11.5 Å². The Hall–Kier alpha value is -3.89. The zero-order valence-corrected chi connectivity index (χ0v) is 20.2. The summed E-state index contributed by atoms with van der Waals surface area (Å²) >= 11 is 0. The first-order chi connectivity index (χ1) is 17.5. The summed E-state index contributed by atoms with van der Waals surface area (Å²) in [6, 6.07) is 8.86. The fourth-order valence-electron chi connectivity index (χ4n) is 4.47. The van der Waals surface area contributed by atoms with Crippen molar-refractivity contribution in [1.82, 2.24) is 29.2 Å². The molecule has 1 fully saturated rings. The van der Waals surface area contributed by atoms with Crippen molar-refractivity contribution < 1.29 is 9.53 Å². The van der Waals surface area contributed by atoms with Crippen LogP contribution in [0.1, 0.15) is 27.9 Å². The number of amides is 1. The minimum Gasteiger partial charge on any atom is -0.379 e. The van der Waals surface area contributed by atoms with E-state index >= 15 is 0 Å². The predicted octanol–water partition coefficient (Wildman–Crippen LogP) is 1.33. The number of hydrogen-bond acceptors (Lipinski definition) is 7. The highest BCUT2D eigenvalue weighted by atomic mass is 16.5. The summed E-state index contributed by atoms with van der Waals surface area (Å²) in [6.07, 6.45) is 5.87. The van der Waals surface area contributed by atoms with E-state index in [1.807, 2.05) is 25.1 Å². The van der Waals surface area contributed by atoms with Crippen LogP contribution in [0.15, 0.2) is 53.7 Å². The lowest BCUT2D eigenvalue weighted by Gasteiger charge is -2.26. The minimum absolute atomic E-state index is 0.00773.